The van der Waals surface area contributed by atoms with E-state index in [0.717, 1.165) is 37.1 Å². The predicted octanol–water partition coefficient (Wildman–Crippen LogP) is 3.97. The van der Waals surface area contributed by atoms with Crippen LogP contribution < -0.4 is 10.1 Å². The minimum atomic E-state index is -0.167. The molecule has 1 N–H and O–H groups in total. The van der Waals surface area contributed by atoms with Gasteiger partial charge in [0.15, 0.2) is 0 Å². The van der Waals surface area contributed by atoms with Crippen molar-refractivity contribution in [3.63, 3.8) is 0 Å². The summed E-state index contributed by atoms with van der Waals surface area (Å²) in [4.78, 5) is 23.2. The lowest BCUT2D eigenvalue weighted by Crippen LogP contribution is -2.39. The van der Waals surface area contributed by atoms with Gasteiger partial charge in [0.2, 0.25) is 11.6 Å². The molecule has 3 aromatic rings. The summed E-state index contributed by atoms with van der Waals surface area (Å²) in [6, 6.07) is 11.8. The molecule has 2 aliphatic heterocycles. The summed E-state index contributed by atoms with van der Waals surface area (Å²) in [5, 5.41) is 3.46. The molecule has 0 unspecified atom stereocenters. The van der Waals surface area contributed by atoms with Crippen LogP contribution >= 0.6 is 0 Å². The Bertz CT molecular complexity index is 1260. The molecule has 1 aliphatic carbocycles. The summed E-state index contributed by atoms with van der Waals surface area (Å²) in [7, 11) is 0. The van der Waals surface area contributed by atoms with Crippen molar-refractivity contribution in [3.8, 4) is 11.5 Å². The highest BCUT2D eigenvalue weighted by Gasteiger charge is 2.39. The Morgan fingerprint density at radius 2 is 2.12 bits per heavy atom. The van der Waals surface area contributed by atoms with Crippen molar-refractivity contribution in [2.45, 2.75) is 44.4 Å². The summed E-state index contributed by atoms with van der Waals surface area (Å²) in [6.45, 7) is 9.51. The first kappa shape index (κ1) is 19.1. The molecule has 3 heterocycles. The van der Waals surface area contributed by atoms with Gasteiger partial charge in [-0.2, -0.15) is 0 Å². The SMILES string of the molecule is [C-]#[N+]c1ccc2cc1Oc1ccc3c(c1)[C@H](CC3)N1CC[C@@H](NCc3cncn3C2)C1=O. The van der Waals surface area contributed by atoms with Gasteiger partial charge in [-0.05, 0) is 54.2 Å². The number of hydrogen-bond acceptors (Lipinski definition) is 4. The first-order valence-electron chi connectivity index (χ1n) is 11.0. The summed E-state index contributed by atoms with van der Waals surface area (Å²) < 4.78 is 8.30. The third-order valence-corrected chi connectivity index (χ3v) is 6.83. The number of hydrogen-bond donors (Lipinski definition) is 1. The highest BCUT2D eigenvalue weighted by molar-refractivity contribution is 5.84. The number of amides is 1. The minimum absolute atomic E-state index is 0.0814. The maximum atomic E-state index is 13.2. The lowest BCUT2D eigenvalue weighted by molar-refractivity contribution is -0.131. The van der Waals surface area contributed by atoms with Crippen LogP contribution in [0.1, 0.15) is 41.3 Å². The van der Waals surface area contributed by atoms with Crippen LogP contribution in [0.15, 0.2) is 48.9 Å². The highest BCUT2D eigenvalue weighted by atomic mass is 16.5. The normalized spacial score (nSPS) is 21.7. The molecule has 32 heavy (non-hydrogen) atoms. The Balaban J connectivity index is 1.45. The van der Waals surface area contributed by atoms with Gasteiger partial charge < -0.3 is 19.5 Å². The second kappa shape index (κ2) is 7.50. The number of rotatable bonds is 0. The third kappa shape index (κ3) is 3.15. The van der Waals surface area contributed by atoms with E-state index in [1.165, 1.54) is 11.1 Å². The van der Waals surface area contributed by atoms with Crippen LogP contribution in [-0.2, 0) is 24.3 Å². The Morgan fingerprint density at radius 1 is 1.19 bits per heavy atom. The predicted molar refractivity (Wildman–Crippen MR) is 119 cm³/mol. The molecule has 7 heteroatoms. The van der Waals surface area contributed by atoms with Crippen molar-refractivity contribution in [1.29, 1.82) is 0 Å². The molecule has 1 amide bonds. The van der Waals surface area contributed by atoms with E-state index in [9.17, 15) is 4.79 Å². The molecular formula is C25H23N5O2. The molecule has 2 aromatic carbocycles. The Kier molecular flexibility index (Phi) is 4.47. The number of aryl methyl sites for hydroxylation is 1. The zero-order valence-electron chi connectivity index (χ0n) is 17.6. The van der Waals surface area contributed by atoms with E-state index >= 15 is 0 Å². The monoisotopic (exact) mass is 425 g/mol. The Hall–Kier alpha value is -3.63. The molecule has 0 saturated carbocycles. The number of ether oxygens (including phenoxy) is 1. The van der Waals surface area contributed by atoms with Crippen LogP contribution in [0.4, 0.5) is 5.69 Å². The first-order chi connectivity index (χ1) is 15.7. The Morgan fingerprint density at radius 3 is 3.03 bits per heavy atom. The van der Waals surface area contributed by atoms with E-state index in [1.807, 2.05) is 35.4 Å². The lowest BCUT2D eigenvalue weighted by atomic mass is 10.1. The summed E-state index contributed by atoms with van der Waals surface area (Å²) in [5.41, 5.74) is 4.98. The number of carbonyl (C=O) groups is 1. The van der Waals surface area contributed by atoms with Crippen LogP contribution in [0.5, 0.6) is 11.5 Å². The van der Waals surface area contributed by atoms with Crippen LogP contribution in [0.3, 0.4) is 0 Å². The number of nitrogens with one attached hydrogen (secondary N) is 1. The van der Waals surface area contributed by atoms with Crippen LogP contribution in [0, 0.1) is 6.57 Å². The van der Waals surface area contributed by atoms with Gasteiger partial charge in [0.1, 0.15) is 11.5 Å². The number of nitrogens with zero attached hydrogens (tertiary/aromatic N) is 4. The van der Waals surface area contributed by atoms with Crippen molar-refractivity contribution >= 4 is 11.6 Å². The van der Waals surface area contributed by atoms with Gasteiger partial charge in [-0.25, -0.2) is 9.83 Å². The molecule has 1 aromatic heterocycles. The topological polar surface area (TPSA) is 63.8 Å². The number of aromatic nitrogens is 2. The van der Waals surface area contributed by atoms with Gasteiger partial charge in [-0.3, -0.25) is 4.79 Å². The number of imidazole rings is 1. The number of benzene rings is 2. The van der Waals surface area contributed by atoms with Crippen molar-refractivity contribution in [2.24, 2.45) is 0 Å². The Labute approximate surface area is 186 Å². The molecule has 160 valence electrons. The molecule has 7 nitrogen and oxygen atoms in total. The second-order valence-electron chi connectivity index (χ2n) is 8.70. The average molecular weight is 425 g/mol. The van der Waals surface area contributed by atoms with E-state index in [0.29, 0.717) is 30.3 Å². The average Bonchev–Trinajstić information content (AvgIpc) is 3.51. The molecule has 3 aliphatic rings. The third-order valence-electron chi connectivity index (χ3n) is 6.83. The van der Waals surface area contributed by atoms with Crippen molar-refractivity contribution in [1.82, 2.24) is 19.8 Å². The highest BCUT2D eigenvalue weighted by Crippen LogP contribution is 2.41. The fourth-order valence-corrected chi connectivity index (χ4v) is 5.17. The van der Waals surface area contributed by atoms with E-state index in [2.05, 4.69) is 31.8 Å². The van der Waals surface area contributed by atoms with Crippen LogP contribution in [-0.4, -0.2) is 32.9 Å². The zero-order chi connectivity index (χ0) is 21.7. The van der Waals surface area contributed by atoms with E-state index in [-0.39, 0.29) is 18.0 Å². The van der Waals surface area contributed by atoms with Crippen LogP contribution in [0.2, 0.25) is 0 Å². The summed E-state index contributed by atoms with van der Waals surface area (Å²) in [6.07, 6.45) is 6.35. The molecule has 2 atom stereocenters. The van der Waals surface area contributed by atoms with E-state index < -0.39 is 0 Å². The van der Waals surface area contributed by atoms with Gasteiger partial charge >= 0.3 is 0 Å². The standard InChI is InChI=1S/C25H23N5O2/c1-26-21-6-2-16-10-24(21)32-19-5-3-17-4-7-23(20(17)11-19)30-9-8-22(25(30)31)28-13-18-12-27-15-29(18)14-16/h2-3,5-6,10-12,15,22-23,28H,4,7-9,13-14H2/t22-,23+/m1/s1. The largest absolute Gasteiger partial charge is 0.468 e. The molecule has 1 fully saturated rings. The van der Waals surface area contributed by atoms with Gasteiger partial charge in [0.05, 0.1) is 30.7 Å². The summed E-state index contributed by atoms with van der Waals surface area (Å²) >= 11 is 0. The first-order valence-corrected chi connectivity index (χ1v) is 11.0. The quantitative estimate of drug-likeness (QED) is 0.554. The van der Waals surface area contributed by atoms with Gasteiger partial charge in [-0.1, -0.05) is 18.2 Å². The smallest absolute Gasteiger partial charge is 0.240 e. The van der Waals surface area contributed by atoms with Gasteiger partial charge in [0.25, 0.3) is 0 Å². The second-order valence-corrected chi connectivity index (χ2v) is 8.70. The molecule has 6 bridgehead atoms. The van der Waals surface area contributed by atoms with Crippen molar-refractivity contribution in [3.05, 3.63) is 82.7 Å². The number of carbonyl (C=O) groups excluding carboxylic acids is 1. The van der Waals surface area contributed by atoms with Crippen molar-refractivity contribution < 1.29 is 9.53 Å². The molecule has 1 saturated heterocycles. The lowest BCUT2D eigenvalue weighted by Gasteiger charge is -2.26. The molecular weight excluding hydrogens is 402 g/mol. The summed E-state index contributed by atoms with van der Waals surface area (Å²) in [5.74, 6) is 1.43. The zero-order valence-corrected chi connectivity index (χ0v) is 17.6. The fourth-order valence-electron chi connectivity index (χ4n) is 5.17. The molecule has 0 radical (unpaired) electrons. The maximum Gasteiger partial charge on any atom is 0.240 e. The molecule has 6 rings (SSSR count). The van der Waals surface area contributed by atoms with Gasteiger partial charge in [-0.15, -0.1) is 0 Å². The van der Waals surface area contributed by atoms with E-state index in [1.54, 1.807) is 6.33 Å². The molecule has 0 spiro atoms. The van der Waals surface area contributed by atoms with Crippen molar-refractivity contribution in [2.75, 3.05) is 6.54 Å². The maximum absolute atomic E-state index is 13.2. The minimum Gasteiger partial charge on any atom is -0.468 e. The van der Waals surface area contributed by atoms with Gasteiger partial charge in [0, 0.05) is 25.8 Å². The van der Waals surface area contributed by atoms with Crippen LogP contribution in [0.25, 0.3) is 4.85 Å². The van der Waals surface area contributed by atoms with E-state index in [4.69, 9.17) is 11.3 Å². The number of fused-ring (bicyclic) bond motifs is 7. The fraction of sp³-hybridized carbons (Fsp3) is 0.320.